The van der Waals surface area contributed by atoms with Crippen molar-refractivity contribution in [2.75, 3.05) is 13.6 Å². The maximum absolute atomic E-state index is 12.7. The molecule has 128 valence electrons. The molecular weight excluding hydrogens is 296 g/mol. The Morgan fingerprint density at radius 3 is 2.57 bits per heavy atom. The normalized spacial score (nSPS) is 18.0. The predicted molar refractivity (Wildman–Crippen MR) is 85.9 cm³/mol. The third-order valence-corrected chi connectivity index (χ3v) is 4.41. The van der Waals surface area contributed by atoms with E-state index in [1.807, 2.05) is 13.8 Å². The van der Waals surface area contributed by atoms with Gasteiger partial charge in [-0.3, -0.25) is 9.59 Å². The maximum Gasteiger partial charge on any atom is 0.287 e. The molecule has 1 atom stereocenters. The van der Waals surface area contributed by atoms with Gasteiger partial charge in [-0.15, -0.1) is 0 Å². The van der Waals surface area contributed by atoms with Crippen LogP contribution >= 0.6 is 0 Å². The van der Waals surface area contributed by atoms with Crippen molar-refractivity contribution in [1.29, 1.82) is 0 Å². The topological polar surface area (TPSA) is 82.8 Å². The monoisotopic (exact) mass is 322 g/mol. The van der Waals surface area contributed by atoms with Crippen LogP contribution in [0.4, 0.5) is 0 Å². The Hall–Kier alpha value is -1.82. The van der Waals surface area contributed by atoms with Crippen LogP contribution in [-0.2, 0) is 4.79 Å². The average molecular weight is 322 g/mol. The molecule has 1 aromatic heterocycles. The fraction of sp³-hybridized carbons (Fsp3) is 0.647. The second kappa shape index (κ2) is 7.17. The lowest BCUT2D eigenvalue weighted by Crippen LogP contribution is -2.53. The molecule has 1 fully saturated rings. The van der Waals surface area contributed by atoms with Crippen molar-refractivity contribution in [3.63, 3.8) is 0 Å². The second-order valence-electron chi connectivity index (χ2n) is 6.80. The molecule has 1 unspecified atom stereocenters. The summed E-state index contributed by atoms with van der Waals surface area (Å²) in [6, 6.07) is 2.54. The predicted octanol–water partition coefficient (Wildman–Crippen LogP) is 1.80. The molecule has 0 aliphatic heterocycles. The highest BCUT2D eigenvalue weighted by Crippen LogP contribution is 2.30. The number of amides is 2. The van der Waals surface area contributed by atoms with Gasteiger partial charge < -0.3 is 19.7 Å². The third kappa shape index (κ3) is 4.34. The molecule has 0 spiro atoms. The van der Waals surface area contributed by atoms with Crippen molar-refractivity contribution in [2.24, 2.45) is 5.92 Å². The van der Waals surface area contributed by atoms with Crippen LogP contribution in [0.2, 0.25) is 0 Å². The first-order chi connectivity index (χ1) is 10.8. The van der Waals surface area contributed by atoms with Crippen molar-refractivity contribution in [2.45, 2.75) is 51.2 Å². The Bertz CT molecular complexity index is 533. The second-order valence-corrected chi connectivity index (χ2v) is 6.80. The van der Waals surface area contributed by atoms with Crippen molar-refractivity contribution < 1.29 is 19.1 Å². The van der Waals surface area contributed by atoms with Crippen molar-refractivity contribution in [3.05, 3.63) is 24.2 Å². The van der Waals surface area contributed by atoms with E-state index in [9.17, 15) is 14.7 Å². The summed E-state index contributed by atoms with van der Waals surface area (Å²) in [5, 5.41) is 13.2. The summed E-state index contributed by atoms with van der Waals surface area (Å²) >= 11 is 0. The van der Waals surface area contributed by atoms with Crippen LogP contribution in [-0.4, -0.2) is 47.1 Å². The highest BCUT2D eigenvalue weighted by Gasteiger charge is 2.36. The fourth-order valence-electron chi connectivity index (χ4n) is 3.08. The summed E-state index contributed by atoms with van der Waals surface area (Å²) in [6.07, 6.45) is 4.83. The van der Waals surface area contributed by atoms with E-state index in [4.69, 9.17) is 4.42 Å². The van der Waals surface area contributed by atoms with Gasteiger partial charge >= 0.3 is 0 Å². The number of rotatable bonds is 6. The Labute approximate surface area is 136 Å². The molecule has 1 aliphatic carbocycles. The molecule has 2 N–H and O–H groups in total. The van der Waals surface area contributed by atoms with Crippen LogP contribution in [0.5, 0.6) is 0 Å². The summed E-state index contributed by atoms with van der Waals surface area (Å²) in [7, 11) is 1.67. The van der Waals surface area contributed by atoms with E-state index in [2.05, 4.69) is 5.32 Å². The molecule has 2 rings (SSSR count). The lowest BCUT2D eigenvalue weighted by molar-refractivity contribution is -0.136. The van der Waals surface area contributed by atoms with E-state index in [0.29, 0.717) is 6.54 Å². The molecule has 2 amide bonds. The van der Waals surface area contributed by atoms with Crippen LogP contribution in [0.1, 0.15) is 50.1 Å². The van der Waals surface area contributed by atoms with E-state index >= 15 is 0 Å². The van der Waals surface area contributed by atoms with Gasteiger partial charge in [-0.1, -0.05) is 26.7 Å². The Balaban J connectivity index is 2.01. The molecule has 0 aromatic carbocycles. The molecule has 1 heterocycles. The van der Waals surface area contributed by atoms with Crippen molar-refractivity contribution in [3.8, 4) is 0 Å². The Kier molecular flexibility index (Phi) is 5.46. The molecule has 1 aliphatic rings. The minimum atomic E-state index is -0.795. The van der Waals surface area contributed by atoms with Crippen molar-refractivity contribution >= 4 is 11.8 Å². The molecule has 6 heteroatoms. The lowest BCUT2D eigenvalue weighted by atomic mass is 9.99. The standard InChI is InChI=1S/C17H26N2O4/c1-12(2)14(18-15(20)13-7-6-10-23-13)16(21)19(3)11-17(22)8-4-5-9-17/h6-7,10,12,14,22H,4-5,8-9,11H2,1-3H3,(H,18,20). The first-order valence-corrected chi connectivity index (χ1v) is 8.14. The average Bonchev–Trinajstić information content (AvgIpc) is 3.15. The van der Waals surface area contributed by atoms with E-state index < -0.39 is 17.6 Å². The van der Waals surface area contributed by atoms with Crippen LogP contribution in [0.15, 0.2) is 22.8 Å². The van der Waals surface area contributed by atoms with E-state index in [1.54, 1.807) is 19.2 Å². The van der Waals surface area contributed by atoms with Crippen LogP contribution in [0, 0.1) is 5.92 Å². The summed E-state index contributed by atoms with van der Waals surface area (Å²) in [4.78, 5) is 26.3. The molecule has 1 aromatic rings. The zero-order chi connectivity index (χ0) is 17.0. The number of hydrogen-bond donors (Lipinski definition) is 2. The minimum absolute atomic E-state index is 0.0675. The smallest absolute Gasteiger partial charge is 0.287 e. The SMILES string of the molecule is CC(C)C(NC(=O)c1ccco1)C(=O)N(C)CC1(O)CCCC1. The number of nitrogens with one attached hydrogen (secondary N) is 1. The highest BCUT2D eigenvalue weighted by atomic mass is 16.3. The largest absolute Gasteiger partial charge is 0.459 e. The summed E-state index contributed by atoms with van der Waals surface area (Å²) in [5.74, 6) is -0.488. The van der Waals surface area contributed by atoms with Crippen LogP contribution < -0.4 is 5.32 Å². The van der Waals surface area contributed by atoms with Gasteiger partial charge in [0.25, 0.3) is 5.91 Å². The molecule has 0 saturated heterocycles. The van der Waals surface area contributed by atoms with Gasteiger partial charge in [0.2, 0.25) is 5.91 Å². The number of furan rings is 1. The van der Waals surface area contributed by atoms with Gasteiger partial charge in [-0.2, -0.15) is 0 Å². The van der Waals surface area contributed by atoms with Crippen LogP contribution in [0.25, 0.3) is 0 Å². The van der Waals surface area contributed by atoms with E-state index in [1.165, 1.54) is 11.2 Å². The molecular formula is C17H26N2O4. The first kappa shape index (κ1) is 17.5. The maximum atomic E-state index is 12.7. The number of aliphatic hydroxyl groups is 1. The van der Waals surface area contributed by atoms with Gasteiger partial charge in [0.15, 0.2) is 5.76 Å². The van der Waals surface area contributed by atoms with E-state index in [0.717, 1.165) is 25.7 Å². The number of carbonyl (C=O) groups is 2. The molecule has 1 saturated carbocycles. The van der Waals surface area contributed by atoms with E-state index in [-0.39, 0.29) is 17.6 Å². The summed E-state index contributed by atoms with van der Waals surface area (Å²) < 4.78 is 5.06. The fourth-order valence-corrected chi connectivity index (χ4v) is 3.08. The molecule has 0 bridgehead atoms. The number of likely N-dealkylation sites (N-methyl/N-ethyl adjacent to an activating group) is 1. The van der Waals surface area contributed by atoms with Gasteiger partial charge in [0.1, 0.15) is 6.04 Å². The number of carbonyl (C=O) groups excluding carboxylic acids is 2. The molecule has 23 heavy (non-hydrogen) atoms. The summed E-state index contributed by atoms with van der Waals surface area (Å²) in [5.41, 5.74) is -0.795. The van der Waals surface area contributed by atoms with Crippen molar-refractivity contribution in [1.82, 2.24) is 10.2 Å². The minimum Gasteiger partial charge on any atom is -0.459 e. The Morgan fingerprint density at radius 2 is 2.04 bits per heavy atom. The third-order valence-electron chi connectivity index (χ3n) is 4.41. The quantitative estimate of drug-likeness (QED) is 0.836. The van der Waals surface area contributed by atoms with Gasteiger partial charge in [0.05, 0.1) is 11.9 Å². The lowest BCUT2D eigenvalue weighted by Gasteiger charge is -2.32. The zero-order valence-electron chi connectivity index (χ0n) is 14.0. The number of hydrogen-bond acceptors (Lipinski definition) is 4. The zero-order valence-corrected chi connectivity index (χ0v) is 14.0. The highest BCUT2D eigenvalue weighted by molar-refractivity contribution is 5.95. The van der Waals surface area contributed by atoms with Gasteiger partial charge in [-0.25, -0.2) is 0 Å². The Morgan fingerprint density at radius 1 is 1.39 bits per heavy atom. The van der Waals surface area contributed by atoms with Gasteiger partial charge in [0, 0.05) is 13.6 Å². The molecule has 0 radical (unpaired) electrons. The van der Waals surface area contributed by atoms with Crippen LogP contribution in [0.3, 0.4) is 0 Å². The number of nitrogens with zero attached hydrogens (tertiary/aromatic N) is 1. The molecule has 6 nitrogen and oxygen atoms in total. The van der Waals surface area contributed by atoms with Gasteiger partial charge in [-0.05, 0) is 30.9 Å². The summed E-state index contributed by atoms with van der Waals surface area (Å²) in [6.45, 7) is 4.05. The first-order valence-electron chi connectivity index (χ1n) is 8.14.